The van der Waals surface area contributed by atoms with E-state index in [0.29, 0.717) is 16.1 Å². The molecule has 2 rings (SSSR count). The molecule has 2 aromatic carbocycles. The fourth-order valence-corrected chi connectivity index (χ4v) is 2.74. The summed E-state index contributed by atoms with van der Waals surface area (Å²) >= 11 is 12.1. The molecule has 1 unspecified atom stereocenters. The van der Waals surface area contributed by atoms with E-state index >= 15 is 0 Å². The predicted molar refractivity (Wildman–Crippen MR) is 92.4 cm³/mol. The molecule has 0 spiro atoms. The van der Waals surface area contributed by atoms with Gasteiger partial charge in [-0.15, -0.1) is 0 Å². The van der Waals surface area contributed by atoms with Crippen LogP contribution in [0.15, 0.2) is 48.5 Å². The van der Waals surface area contributed by atoms with Crippen LogP contribution in [0.1, 0.15) is 24.5 Å². The Hall–Kier alpha value is -1.02. The fourth-order valence-electron chi connectivity index (χ4n) is 2.41. The van der Waals surface area contributed by atoms with Crippen LogP contribution in [0.4, 0.5) is 0 Å². The van der Waals surface area contributed by atoms with E-state index in [4.69, 9.17) is 23.2 Å². The first kappa shape index (κ1) is 16.4. The van der Waals surface area contributed by atoms with E-state index in [1.54, 1.807) is 0 Å². The van der Waals surface area contributed by atoms with Gasteiger partial charge >= 0.3 is 0 Å². The van der Waals surface area contributed by atoms with Crippen molar-refractivity contribution < 1.29 is 0 Å². The summed E-state index contributed by atoms with van der Waals surface area (Å²) in [4.78, 5) is 0. The molecule has 0 aromatic heterocycles. The summed E-state index contributed by atoms with van der Waals surface area (Å²) in [7, 11) is 0. The van der Waals surface area contributed by atoms with Gasteiger partial charge in [-0.2, -0.15) is 0 Å². The molecule has 1 atom stereocenters. The molecule has 0 amide bonds. The minimum Gasteiger partial charge on any atom is -0.313 e. The van der Waals surface area contributed by atoms with Crippen LogP contribution in [0.5, 0.6) is 0 Å². The number of hydrogen-bond donors (Lipinski definition) is 1. The number of hydrogen-bond acceptors (Lipinski definition) is 1. The first-order chi connectivity index (χ1) is 10.2. The predicted octanol–water partition coefficient (Wildman–Crippen LogP) is 5.15. The van der Waals surface area contributed by atoms with Crippen LogP contribution in [0, 0.1) is 0 Å². The Balaban J connectivity index is 2.06. The van der Waals surface area contributed by atoms with Crippen LogP contribution in [0.2, 0.25) is 10.0 Å². The summed E-state index contributed by atoms with van der Waals surface area (Å²) in [5.74, 6) is 0. The lowest BCUT2D eigenvalue weighted by Gasteiger charge is -2.19. The summed E-state index contributed by atoms with van der Waals surface area (Å²) in [6, 6.07) is 16.9. The second-order valence-electron chi connectivity index (χ2n) is 5.29. The van der Waals surface area contributed by atoms with Gasteiger partial charge in [0.2, 0.25) is 0 Å². The Kier molecular flexibility index (Phi) is 6.56. The van der Waals surface area contributed by atoms with Gasteiger partial charge in [0.15, 0.2) is 0 Å². The molecule has 0 aliphatic carbocycles. The molecule has 1 N–H and O–H groups in total. The smallest absolute Gasteiger partial charge is 0.0595 e. The number of benzene rings is 2. The fraction of sp³-hybridized carbons (Fsp3) is 0.333. The van der Waals surface area contributed by atoms with Crippen LogP contribution in [-0.4, -0.2) is 12.6 Å². The molecule has 0 heterocycles. The SMILES string of the molecule is CCCNC(Cc1ccccc1)Cc1ccc(Cl)c(Cl)c1. The van der Waals surface area contributed by atoms with Crippen molar-refractivity contribution in [3.05, 3.63) is 69.7 Å². The highest BCUT2D eigenvalue weighted by atomic mass is 35.5. The molecule has 3 heteroatoms. The van der Waals surface area contributed by atoms with E-state index < -0.39 is 0 Å². The summed E-state index contributed by atoms with van der Waals surface area (Å²) in [6.07, 6.45) is 3.10. The van der Waals surface area contributed by atoms with Crippen molar-refractivity contribution in [2.75, 3.05) is 6.54 Å². The van der Waals surface area contributed by atoms with Gasteiger partial charge in [-0.1, -0.05) is 66.5 Å². The van der Waals surface area contributed by atoms with Crippen LogP contribution in [0.3, 0.4) is 0 Å². The summed E-state index contributed by atoms with van der Waals surface area (Å²) in [5.41, 5.74) is 2.57. The average Bonchev–Trinajstić information content (AvgIpc) is 2.49. The molecule has 1 nitrogen and oxygen atoms in total. The summed E-state index contributed by atoms with van der Waals surface area (Å²) in [6.45, 7) is 3.21. The standard InChI is InChI=1S/C18H21Cl2N/c1-2-10-21-16(11-14-6-4-3-5-7-14)12-15-8-9-17(19)18(20)13-15/h3-9,13,16,21H,2,10-12H2,1H3. The summed E-state index contributed by atoms with van der Waals surface area (Å²) < 4.78 is 0. The first-order valence-electron chi connectivity index (χ1n) is 7.40. The molecule has 0 bridgehead atoms. The molecule has 0 aliphatic heterocycles. The van der Waals surface area contributed by atoms with E-state index in [1.165, 1.54) is 11.1 Å². The molecule has 0 aliphatic rings. The Morgan fingerprint density at radius 3 is 2.29 bits per heavy atom. The minimum atomic E-state index is 0.407. The van der Waals surface area contributed by atoms with Crippen molar-refractivity contribution >= 4 is 23.2 Å². The first-order valence-corrected chi connectivity index (χ1v) is 8.16. The van der Waals surface area contributed by atoms with Crippen LogP contribution in [0.25, 0.3) is 0 Å². The zero-order valence-corrected chi connectivity index (χ0v) is 13.8. The second kappa shape index (κ2) is 8.43. The van der Waals surface area contributed by atoms with E-state index in [-0.39, 0.29) is 0 Å². The third-order valence-corrected chi connectivity index (χ3v) is 4.21. The maximum Gasteiger partial charge on any atom is 0.0595 e. The van der Waals surface area contributed by atoms with Gasteiger partial charge in [-0.25, -0.2) is 0 Å². The number of halogens is 2. The van der Waals surface area contributed by atoms with Crippen molar-refractivity contribution in [1.29, 1.82) is 0 Å². The van der Waals surface area contributed by atoms with Gasteiger partial charge < -0.3 is 5.32 Å². The molecule has 0 saturated heterocycles. The minimum absolute atomic E-state index is 0.407. The molecule has 0 saturated carbocycles. The van der Waals surface area contributed by atoms with Crippen molar-refractivity contribution in [1.82, 2.24) is 5.32 Å². The van der Waals surface area contributed by atoms with E-state index in [9.17, 15) is 0 Å². The van der Waals surface area contributed by atoms with Gasteiger partial charge in [-0.05, 0) is 49.1 Å². The Morgan fingerprint density at radius 2 is 1.62 bits per heavy atom. The normalized spacial score (nSPS) is 12.3. The topological polar surface area (TPSA) is 12.0 Å². The van der Waals surface area contributed by atoms with Gasteiger partial charge in [0.25, 0.3) is 0 Å². The lowest BCUT2D eigenvalue weighted by molar-refractivity contribution is 0.505. The quantitative estimate of drug-likeness (QED) is 0.743. The van der Waals surface area contributed by atoms with E-state index in [2.05, 4.69) is 48.6 Å². The van der Waals surface area contributed by atoms with Crippen LogP contribution >= 0.6 is 23.2 Å². The highest BCUT2D eigenvalue weighted by molar-refractivity contribution is 6.42. The Morgan fingerprint density at radius 1 is 0.905 bits per heavy atom. The van der Waals surface area contributed by atoms with Gasteiger partial charge in [0.05, 0.1) is 10.0 Å². The maximum absolute atomic E-state index is 6.11. The highest BCUT2D eigenvalue weighted by Crippen LogP contribution is 2.23. The van der Waals surface area contributed by atoms with E-state index in [1.807, 2.05) is 12.1 Å². The molecule has 0 fully saturated rings. The molecule has 112 valence electrons. The van der Waals surface area contributed by atoms with Crippen molar-refractivity contribution in [3.8, 4) is 0 Å². The maximum atomic E-state index is 6.11. The Bertz CT molecular complexity index is 554. The second-order valence-corrected chi connectivity index (χ2v) is 6.11. The molecule has 21 heavy (non-hydrogen) atoms. The molecular formula is C18H21Cl2N. The van der Waals surface area contributed by atoms with Gasteiger partial charge in [0.1, 0.15) is 0 Å². The number of nitrogens with one attached hydrogen (secondary N) is 1. The van der Waals surface area contributed by atoms with E-state index in [0.717, 1.165) is 25.8 Å². The lowest BCUT2D eigenvalue weighted by atomic mass is 9.99. The van der Waals surface area contributed by atoms with Gasteiger partial charge in [0, 0.05) is 6.04 Å². The third kappa shape index (κ3) is 5.35. The average molecular weight is 322 g/mol. The lowest BCUT2D eigenvalue weighted by Crippen LogP contribution is -2.33. The highest BCUT2D eigenvalue weighted by Gasteiger charge is 2.11. The van der Waals surface area contributed by atoms with Gasteiger partial charge in [-0.3, -0.25) is 0 Å². The monoisotopic (exact) mass is 321 g/mol. The van der Waals surface area contributed by atoms with Crippen LogP contribution in [-0.2, 0) is 12.8 Å². The molecule has 0 radical (unpaired) electrons. The zero-order chi connectivity index (χ0) is 15.1. The molecule has 2 aromatic rings. The van der Waals surface area contributed by atoms with Crippen molar-refractivity contribution in [2.24, 2.45) is 0 Å². The molecular weight excluding hydrogens is 301 g/mol. The van der Waals surface area contributed by atoms with Crippen molar-refractivity contribution in [3.63, 3.8) is 0 Å². The third-order valence-electron chi connectivity index (χ3n) is 3.47. The summed E-state index contributed by atoms with van der Waals surface area (Å²) in [5, 5.41) is 4.86. The number of rotatable bonds is 7. The Labute approximate surface area is 137 Å². The largest absolute Gasteiger partial charge is 0.313 e. The zero-order valence-electron chi connectivity index (χ0n) is 12.3. The van der Waals surface area contributed by atoms with Crippen molar-refractivity contribution in [2.45, 2.75) is 32.2 Å². The van der Waals surface area contributed by atoms with Crippen LogP contribution < -0.4 is 5.32 Å².